The van der Waals surface area contributed by atoms with Crippen molar-refractivity contribution in [2.75, 3.05) is 14.1 Å². The maximum Gasteiger partial charge on any atom is 0.115 e. The van der Waals surface area contributed by atoms with Gasteiger partial charge in [0.25, 0.3) is 0 Å². The third-order valence-electron chi connectivity index (χ3n) is 5.12. The van der Waals surface area contributed by atoms with Gasteiger partial charge >= 0.3 is 0 Å². The van der Waals surface area contributed by atoms with E-state index in [9.17, 15) is 5.11 Å². The van der Waals surface area contributed by atoms with Crippen LogP contribution in [0.3, 0.4) is 0 Å². The Kier molecular flexibility index (Phi) is 3.41. The molecule has 0 aliphatic heterocycles. The van der Waals surface area contributed by atoms with Crippen molar-refractivity contribution in [3.8, 4) is 5.75 Å². The van der Waals surface area contributed by atoms with Gasteiger partial charge in [0.2, 0.25) is 0 Å². The number of nitrogens with zero attached hydrogens (tertiary/aromatic N) is 1. The second kappa shape index (κ2) is 4.58. The molecule has 2 rings (SSSR count). The fourth-order valence-corrected chi connectivity index (χ4v) is 3.49. The minimum atomic E-state index is 0.154. The second-order valence-corrected chi connectivity index (χ2v) is 6.14. The molecule has 1 aliphatic carbocycles. The van der Waals surface area contributed by atoms with Crippen molar-refractivity contribution < 1.29 is 5.11 Å². The van der Waals surface area contributed by atoms with Crippen LogP contribution in [0.5, 0.6) is 5.75 Å². The van der Waals surface area contributed by atoms with Crippen LogP contribution >= 0.6 is 0 Å². The summed E-state index contributed by atoms with van der Waals surface area (Å²) in [4.78, 5) is 2.34. The highest BCUT2D eigenvalue weighted by atomic mass is 16.3. The quantitative estimate of drug-likeness (QED) is 0.867. The molecule has 0 amide bonds. The Morgan fingerprint density at radius 1 is 1.39 bits per heavy atom. The summed E-state index contributed by atoms with van der Waals surface area (Å²) < 4.78 is 0. The van der Waals surface area contributed by atoms with Gasteiger partial charge in [0.05, 0.1) is 0 Å². The summed E-state index contributed by atoms with van der Waals surface area (Å²) in [6.07, 6.45) is 2.19. The first-order valence-corrected chi connectivity index (χ1v) is 6.89. The van der Waals surface area contributed by atoms with Gasteiger partial charge in [0.1, 0.15) is 5.75 Å². The Bertz CT molecular complexity index is 441. The number of benzene rings is 1. The van der Waals surface area contributed by atoms with Crippen molar-refractivity contribution >= 4 is 0 Å². The lowest BCUT2D eigenvalue weighted by molar-refractivity contribution is 0.131. The average Bonchev–Trinajstić information content (AvgIpc) is 2.34. The predicted octanol–water partition coefficient (Wildman–Crippen LogP) is 3.18. The lowest BCUT2D eigenvalue weighted by Crippen LogP contribution is -2.49. The summed E-state index contributed by atoms with van der Waals surface area (Å²) in [5, 5.41) is 9.77. The maximum absolute atomic E-state index is 9.77. The van der Waals surface area contributed by atoms with Crippen LogP contribution in [0.2, 0.25) is 0 Å². The highest BCUT2D eigenvalue weighted by molar-refractivity contribution is 5.43. The molecule has 0 spiro atoms. The molecule has 0 heterocycles. The highest BCUT2D eigenvalue weighted by Crippen LogP contribution is 2.45. The molecule has 2 nitrogen and oxygen atoms in total. The zero-order chi connectivity index (χ0) is 13.5. The number of phenols is 1. The molecular formula is C16H25NO. The summed E-state index contributed by atoms with van der Waals surface area (Å²) in [5.74, 6) is 0.982. The van der Waals surface area contributed by atoms with E-state index in [-0.39, 0.29) is 5.41 Å². The van der Waals surface area contributed by atoms with Crippen LogP contribution in [-0.2, 0) is 11.8 Å². The second-order valence-electron chi connectivity index (χ2n) is 6.14. The average molecular weight is 247 g/mol. The van der Waals surface area contributed by atoms with Crippen molar-refractivity contribution in [3.63, 3.8) is 0 Å². The van der Waals surface area contributed by atoms with Crippen LogP contribution < -0.4 is 0 Å². The van der Waals surface area contributed by atoms with Crippen molar-refractivity contribution in [2.24, 2.45) is 5.92 Å². The highest BCUT2D eigenvalue weighted by Gasteiger charge is 2.42. The van der Waals surface area contributed by atoms with E-state index in [1.165, 1.54) is 11.1 Å². The van der Waals surface area contributed by atoms with E-state index in [1.807, 2.05) is 12.1 Å². The first kappa shape index (κ1) is 13.4. The largest absolute Gasteiger partial charge is 0.508 e. The molecule has 0 bridgehead atoms. The van der Waals surface area contributed by atoms with Crippen LogP contribution in [0.25, 0.3) is 0 Å². The Hall–Kier alpha value is -1.02. The number of rotatable bonds is 2. The number of aromatic hydroxyl groups is 1. The molecule has 0 fully saturated rings. The van der Waals surface area contributed by atoms with Gasteiger partial charge in [-0.3, -0.25) is 0 Å². The topological polar surface area (TPSA) is 23.5 Å². The van der Waals surface area contributed by atoms with Gasteiger partial charge in [-0.25, -0.2) is 0 Å². The minimum absolute atomic E-state index is 0.154. The molecule has 1 aliphatic rings. The normalized spacial score (nSPS) is 31.4. The molecule has 0 saturated heterocycles. The molecule has 1 N–H and O–H groups in total. The van der Waals surface area contributed by atoms with Gasteiger partial charge in [-0.1, -0.05) is 26.8 Å². The van der Waals surface area contributed by atoms with Crippen LogP contribution in [0.4, 0.5) is 0 Å². The van der Waals surface area contributed by atoms with Crippen molar-refractivity contribution in [2.45, 2.75) is 45.1 Å². The Morgan fingerprint density at radius 2 is 2.06 bits per heavy atom. The van der Waals surface area contributed by atoms with Gasteiger partial charge in [-0.15, -0.1) is 0 Å². The molecule has 100 valence electrons. The fourth-order valence-electron chi connectivity index (χ4n) is 3.49. The van der Waals surface area contributed by atoms with E-state index in [2.05, 4.69) is 45.8 Å². The SMILES string of the molecule is CCC1(C)c2cc(O)ccc2CC(N(C)C)C1C. The summed E-state index contributed by atoms with van der Waals surface area (Å²) in [7, 11) is 4.34. The van der Waals surface area contributed by atoms with Gasteiger partial charge in [0.15, 0.2) is 0 Å². The predicted molar refractivity (Wildman–Crippen MR) is 76.1 cm³/mol. The Labute approximate surface area is 111 Å². The zero-order valence-corrected chi connectivity index (χ0v) is 12.2. The van der Waals surface area contributed by atoms with E-state index in [0.717, 1.165) is 12.8 Å². The van der Waals surface area contributed by atoms with Gasteiger partial charge in [0, 0.05) is 6.04 Å². The number of phenolic OH excluding ortho intramolecular Hbond substituents is 1. The molecule has 1 aromatic rings. The summed E-state index contributed by atoms with van der Waals surface area (Å²) in [6, 6.07) is 6.46. The summed E-state index contributed by atoms with van der Waals surface area (Å²) >= 11 is 0. The fraction of sp³-hybridized carbons (Fsp3) is 0.625. The molecule has 0 aromatic heterocycles. The smallest absolute Gasteiger partial charge is 0.115 e. The third-order valence-corrected chi connectivity index (χ3v) is 5.12. The van der Waals surface area contributed by atoms with Crippen molar-refractivity contribution in [3.05, 3.63) is 29.3 Å². The third kappa shape index (κ3) is 1.93. The van der Waals surface area contributed by atoms with E-state index in [4.69, 9.17) is 0 Å². The Morgan fingerprint density at radius 3 is 2.61 bits per heavy atom. The van der Waals surface area contributed by atoms with Crippen molar-refractivity contribution in [1.29, 1.82) is 0 Å². The minimum Gasteiger partial charge on any atom is -0.508 e. The van der Waals surface area contributed by atoms with E-state index >= 15 is 0 Å². The van der Waals surface area contributed by atoms with Crippen LogP contribution in [0, 0.1) is 5.92 Å². The van der Waals surface area contributed by atoms with E-state index < -0.39 is 0 Å². The van der Waals surface area contributed by atoms with E-state index in [1.54, 1.807) is 0 Å². The molecule has 3 unspecified atom stereocenters. The first-order chi connectivity index (χ1) is 8.40. The van der Waals surface area contributed by atoms with Crippen LogP contribution in [0.1, 0.15) is 38.3 Å². The lowest BCUT2D eigenvalue weighted by atomic mass is 9.61. The van der Waals surface area contributed by atoms with Crippen LogP contribution in [-0.4, -0.2) is 30.1 Å². The molecule has 0 radical (unpaired) electrons. The van der Waals surface area contributed by atoms with Gasteiger partial charge in [-0.05, 0) is 61.5 Å². The summed E-state index contributed by atoms with van der Waals surface area (Å²) in [6.45, 7) is 6.94. The van der Waals surface area contributed by atoms with Crippen molar-refractivity contribution in [1.82, 2.24) is 4.90 Å². The Balaban J connectivity index is 2.55. The van der Waals surface area contributed by atoms with Crippen LogP contribution in [0.15, 0.2) is 18.2 Å². The molecule has 2 heteroatoms. The van der Waals surface area contributed by atoms with Gasteiger partial charge < -0.3 is 10.0 Å². The number of likely N-dealkylation sites (N-methyl/N-ethyl adjacent to an activating group) is 1. The molecule has 18 heavy (non-hydrogen) atoms. The molecular weight excluding hydrogens is 222 g/mol. The van der Waals surface area contributed by atoms with E-state index in [0.29, 0.717) is 17.7 Å². The lowest BCUT2D eigenvalue weighted by Gasteiger charge is -2.48. The molecule has 1 aromatic carbocycles. The maximum atomic E-state index is 9.77. The number of hydrogen-bond acceptors (Lipinski definition) is 2. The number of fused-ring (bicyclic) bond motifs is 1. The molecule has 0 saturated carbocycles. The molecule has 3 atom stereocenters. The number of hydrogen-bond donors (Lipinski definition) is 1. The summed E-state index contributed by atoms with van der Waals surface area (Å²) in [5.41, 5.74) is 2.89. The van der Waals surface area contributed by atoms with Gasteiger partial charge in [-0.2, -0.15) is 0 Å². The standard InChI is InChI=1S/C16H25NO/c1-6-16(3)11(2)15(17(4)5)9-12-7-8-13(18)10-14(12)16/h7-8,10-11,15,18H,6,9H2,1-5H3. The first-order valence-electron chi connectivity index (χ1n) is 6.89. The zero-order valence-electron chi connectivity index (χ0n) is 12.2. The monoisotopic (exact) mass is 247 g/mol.